The Balaban J connectivity index is 1.43. The molecule has 0 radical (unpaired) electrons. The summed E-state index contributed by atoms with van der Waals surface area (Å²) in [6.07, 6.45) is 2.96. The van der Waals surface area contributed by atoms with E-state index in [-0.39, 0.29) is 12.2 Å². The van der Waals surface area contributed by atoms with Crippen molar-refractivity contribution in [2.75, 3.05) is 35.2 Å². The molecule has 1 aromatic carbocycles. The van der Waals surface area contributed by atoms with Crippen molar-refractivity contribution in [2.24, 2.45) is 0 Å². The van der Waals surface area contributed by atoms with Gasteiger partial charge in [0.25, 0.3) is 0 Å². The summed E-state index contributed by atoms with van der Waals surface area (Å²) in [5.74, 6) is 1.77. The molecule has 10 nitrogen and oxygen atoms in total. The van der Waals surface area contributed by atoms with E-state index in [0.717, 1.165) is 34.9 Å². The normalized spacial score (nSPS) is 12.8. The second-order valence-corrected chi connectivity index (χ2v) is 7.98. The quantitative estimate of drug-likeness (QED) is 0.319. The van der Waals surface area contributed by atoms with E-state index in [4.69, 9.17) is 9.97 Å². The molecule has 11 heteroatoms. The summed E-state index contributed by atoms with van der Waals surface area (Å²) < 4.78 is 13.3. The molecule has 0 bridgehead atoms. The van der Waals surface area contributed by atoms with E-state index in [0.29, 0.717) is 49.5 Å². The number of fused-ring (bicyclic) bond motifs is 1. The van der Waals surface area contributed by atoms with E-state index >= 15 is 0 Å². The SMILES string of the molecule is O=c1cccc(Nc2ccc(-c3nc4c(c(NCCO)n3)CCN(c3ncc(F)cn3)C4)cc2)[nH]1. The van der Waals surface area contributed by atoms with Crippen LogP contribution in [0, 0.1) is 5.82 Å². The number of H-pyrrole nitrogens is 1. The van der Waals surface area contributed by atoms with Gasteiger partial charge in [-0.25, -0.2) is 24.3 Å². The minimum Gasteiger partial charge on any atom is -0.395 e. The van der Waals surface area contributed by atoms with Gasteiger partial charge < -0.3 is 25.6 Å². The van der Waals surface area contributed by atoms with Gasteiger partial charge in [0.05, 0.1) is 31.2 Å². The molecule has 1 aliphatic heterocycles. The van der Waals surface area contributed by atoms with Crippen LogP contribution in [0.25, 0.3) is 11.4 Å². The Kier molecular flexibility index (Phi) is 6.31. The Morgan fingerprint density at radius 3 is 2.63 bits per heavy atom. The van der Waals surface area contributed by atoms with Gasteiger partial charge in [-0.3, -0.25) is 4.79 Å². The molecule has 5 rings (SSSR count). The first-order valence-corrected chi connectivity index (χ1v) is 11.1. The maximum absolute atomic E-state index is 13.3. The fourth-order valence-electron chi connectivity index (χ4n) is 3.90. The first-order valence-electron chi connectivity index (χ1n) is 11.1. The molecule has 0 aliphatic carbocycles. The van der Waals surface area contributed by atoms with E-state index in [1.54, 1.807) is 12.1 Å². The lowest BCUT2D eigenvalue weighted by molar-refractivity contribution is 0.311. The summed E-state index contributed by atoms with van der Waals surface area (Å²) in [6.45, 7) is 1.43. The predicted octanol–water partition coefficient (Wildman–Crippen LogP) is 2.47. The van der Waals surface area contributed by atoms with Crippen LogP contribution < -0.4 is 21.1 Å². The van der Waals surface area contributed by atoms with Crippen LogP contribution in [0.4, 0.5) is 27.7 Å². The van der Waals surface area contributed by atoms with Crippen molar-refractivity contribution in [3.63, 3.8) is 0 Å². The summed E-state index contributed by atoms with van der Waals surface area (Å²) >= 11 is 0. The molecule has 1 aliphatic rings. The average Bonchev–Trinajstić information content (AvgIpc) is 2.87. The van der Waals surface area contributed by atoms with E-state index in [2.05, 4.69) is 25.6 Å². The molecule has 35 heavy (non-hydrogen) atoms. The van der Waals surface area contributed by atoms with Crippen molar-refractivity contribution in [3.05, 3.63) is 82.3 Å². The average molecular weight is 475 g/mol. The molecule has 0 atom stereocenters. The third-order valence-electron chi connectivity index (χ3n) is 5.55. The van der Waals surface area contributed by atoms with Gasteiger partial charge in [-0.15, -0.1) is 0 Å². The number of rotatable bonds is 7. The lowest BCUT2D eigenvalue weighted by atomic mass is 10.0. The summed E-state index contributed by atoms with van der Waals surface area (Å²) in [5, 5.41) is 15.7. The maximum atomic E-state index is 13.3. The topological polar surface area (TPSA) is 132 Å². The number of hydrogen-bond acceptors (Lipinski definition) is 9. The number of anilines is 4. The number of aliphatic hydroxyl groups excluding tert-OH is 1. The van der Waals surface area contributed by atoms with Crippen LogP contribution in [0.2, 0.25) is 0 Å². The standard InChI is InChI=1S/C24H23FN8O2/c25-16-12-27-24(28-13-16)33-10-8-18-19(14-33)30-22(32-23(18)26-9-11-34)15-4-6-17(7-5-15)29-20-2-1-3-21(35)31-20/h1-7,12-13,34H,8-11,14H2,(H,26,30,32)(H2,29,31,35). The first kappa shape index (κ1) is 22.4. The molecule has 0 saturated heterocycles. The molecule has 0 spiro atoms. The number of aromatic amines is 1. The lowest BCUT2D eigenvalue weighted by Crippen LogP contribution is -2.33. The summed E-state index contributed by atoms with van der Waals surface area (Å²) in [7, 11) is 0. The van der Waals surface area contributed by atoms with E-state index in [1.165, 1.54) is 6.07 Å². The Bertz CT molecular complexity index is 1380. The second kappa shape index (κ2) is 9.85. The zero-order valence-corrected chi connectivity index (χ0v) is 18.7. The first-order chi connectivity index (χ1) is 17.1. The molecular formula is C24H23FN8O2. The molecular weight excluding hydrogens is 451 g/mol. The minimum absolute atomic E-state index is 0.0222. The smallest absolute Gasteiger partial charge is 0.249 e. The van der Waals surface area contributed by atoms with Crippen molar-refractivity contribution in [1.29, 1.82) is 0 Å². The molecule has 4 heterocycles. The largest absolute Gasteiger partial charge is 0.395 e. The van der Waals surface area contributed by atoms with E-state index in [1.807, 2.05) is 29.2 Å². The van der Waals surface area contributed by atoms with Crippen LogP contribution in [0.5, 0.6) is 0 Å². The molecule has 4 aromatic rings. The number of hydrogen-bond donors (Lipinski definition) is 4. The van der Waals surface area contributed by atoms with Crippen molar-refractivity contribution in [2.45, 2.75) is 13.0 Å². The highest BCUT2D eigenvalue weighted by molar-refractivity contribution is 5.65. The predicted molar refractivity (Wildman–Crippen MR) is 130 cm³/mol. The molecule has 0 saturated carbocycles. The van der Waals surface area contributed by atoms with Crippen LogP contribution in [-0.2, 0) is 13.0 Å². The molecule has 3 aromatic heterocycles. The Labute approximate surface area is 200 Å². The molecule has 0 unspecified atom stereocenters. The van der Waals surface area contributed by atoms with E-state index < -0.39 is 5.82 Å². The Hall–Kier alpha value is -4.38. The van der Waals surface area contributed by atoms with Gasteiger partial charge in [-0.05, 0) is 36.8 Å². The monoisotopic (exact) mass is 474 g/mol. The number of nitrogens with one attached hydrogen (secondary N) is 3. The number of pyridine rings is 1. The maximum Gasteiger partial charge on any atom is 0.249 e. The van der Waals surface area contributed by atoms with Crippen molar-refractivity contribution in [1.82, 2.24) is 24.9 Å². The fraction of sp³-hybridized carbons (Fsp3) is 0.208. The Morgan fingerprint density at radius 1 is 1.09 bits per heavy atom. The van der Waals surface area contributed by atoms with Crippen molar-refractivity contribution >= 4 is 23.3 Å². The number of benzene rings is 1. The highest BCUT2D eigenvalue weighted by Crippen LogP contribution is 2.29. The van der Waals surface area contributed by atoms with Crippen molar-refractivity contribution in [3.8, 4) is 11.4 Å². The van der Waals surface area contributed by atoms with Gasteiger partial charge >= 0.3 is 0 Å². The summed E-state index contributed by atoms with van der Waals surface area (Å²) in [4.78, 5) is 33.9. The molecule has 0 amide bonds. The van der Waals surface area contributed by atoms with Crippen LogP contribution >= 0.6 is 0 Å². The van der Waals surface area contributed by atoms with Crippen LogP contribution in [0.1, 0.15) is 11.3 Å². The van der Waals surface area contributed by atoms with E-state index in [9.17, 15) is 14.3 Å². The van der Waals surface area contributed by atoms with Gasteiger partial charge in [0.15, 0.2) is 11.6 Å². The number of aromatic nitrogens is 5. The molecule has 0 fully saturated rings. The summed E-state index contributed by atoms with van der Waals surface area (Å²) in [6, 6.07) is 12.4. The number of halogens is 1. The summed E-state index contributed by atoms with van der Waals surface area (Å²) in [5.41, 5.74) is 3.22. The second-order valence-electron chi connectivity index (χ2n) is 7.98. The molecule has 4 N–H and O–H groups in total. The zero-order valence-electron chi connectivity index (χ0n) is 18.7. The van der Waals surface area contributed by atoms with Crippen LogP contribution in [-0.4, -0.2) is 49.7 Å². The van der Waals surface area contributed by atoms with Gasteiger partial charge in [0.1, 0.15) is 11.6 Å². The van der Waals surface area contributed by atoms with Crippen LogP contribution in [0.3, 0.4) is 0 Å². The number of aliphatic hydroxyl groups is 1. The fourth-order valence-corrected chi connectivity index (χ4v) is 3.90. The van der Waals surface area contributed by atoms with Crippen LogP contribution in [0.15, 0.2) is 59.7 Å². The third-order valence-corrected chi connectivity index (χ3v) is 5.55. The highest BCUT2D eigenvalue weighted by Gasteiger charge is 2.24. The van der Waals surface area contributed by atoms with Crippen molar-refractivity contribution < 1.29 is 9.50 Å². The Morgan fingerprint density at radius 2 is 1.89 bits per heavy atom. The highest BCUT2D eigenvalue weighted by atomic mass is 19.1. The number of nitrogens with zero attached hydrogens (tertiary/aromatic N) is 5. The minimum atomic E-state index is -0.483. The van der Waals surface area contributed by atoms with Gasteiger partial charge in [-0.2, -0.15) is 0 Å². The zero-order chi connectivity index (χ0) is 24.2. The van der Waals surface area contributed by atoms with Gasteiger partial charge in [0.2, 0.25) is 11.5 Å². The third kappa shape index (κ3) is 5.09. The van der Waals surface area contributed by atoms with Gasteiger partial charge in [0, 0.05) is 36.0 Å². The lowest BCUT2D eigenvalue weighted by Gasteiger charge is -2.29. The molecule has 178 valence electrons. The van der Waals surface area contributed by atoms with Gasteiger partial charge in [-0.1, -0.05) is 6.07 Å².